The molecule has 0 aromatic carbocycles. The maximum Gasteiger partial charge on any atom is 0.120 e. The van der Waals surface area contributed by atoms with Crippen molar-refractivity contribution >= 4 is 23.2 Å². The van der Waals surface area contributed by atoms with E-state index >= 15 is 0 Å². The zero-order valence-electron chi connectivity index (χ0n) is 3.03. The fourth-order valence-corrected chi connectivity index (χ4v) is 0. The third-order valence-corrected chi connectivity index (χ3v) is 0.535. The largest absolute Gasteiger partial charge is 0.328 e. The second-order valence-corrected chi connectivity index (χ2v) is 1.90. The standard InChI is InChI=1S/C2H5Cl2N.FH/c3-2(4)1-5;/h2H,1,5H2;1H. The lowest BCUT2D eigenvalue weighted by Crippen LogP contribution is -2.06. The number of rotatable bonds is 1. The molecule has 0 saturated heterocycles. The van der Waals surface area contributed by atoms with Crippen LogP contribution in [0.4, 0.5) is 4.70 Å². The number of nitrogens with two attached hydrogens (primary N) is 1. The van der Waals surface area contributed by atoms with Crippen LogP contribution in [0.1, 0.15) is 0 Å². The molecule has 0 saturated carbocycles. The van der Waals surface area contributed by atoms with Crippen LogP contribution in [0, 0.1) is 0 Å². The zero-order chi connectivity index (χ0) is 4.28. The summed E-state index contributed by atoms with van der Waals surface area (Å²) in [6.07, 6.45) is 0. The van der Waals surface area contributed by atoms with Gasteiger partial charge < -0.3 is 5.73 Å². The van der Waals surface area contributed by atoms with Gasteiger partial charge in [-0.2, -0.15) is 0 Å². The van der Waals surface area contributed by atoms with Crippen LogP contribution < -0.4 is 5.73 Å². The van der Waals surface area contributed by atoms with E-state index in [4.69, 9.17) is 28.9 Å². The Morgan fingerprint density at radius 1 is 1.50 bits per heavy atom. The van der Waals surface area contributed by atoms with Gasteiger partial charge in [0, 0.05) is 6.54 Å². The second-order valence-electron chi connectivity index (χ2n) is 0.627. The van der Waals surface area contributed by atoms with E-state index in [9.17, 15) is 0 Å². The van der Waals surface area contributed by atoms with E-state index in [1.807, 2.05) is 0 Å². The normalized spacial score (nSPS) is 8.00. The topological polar surface area (TPSA) is 26.0 Å². The molecule has 0 atom stereocenters. The summed E-state index contributed by atoms with van der Waals surface area (Å²) in [5, 5.41) is 0. The molecule has 1 nitrogen and oxygen atoms in total. The molecule has 0 aliphatic carbocycles. The van der Waals surface area contributed by atoms with Gasteiger partial charge in [-0.25, -0.2) is 0 Å². The van der Waals surface area contributed by atoms with E-state index in [-0.39, 0.29) is 4.70 Å². The predicted octanol–water partition coefficient (Wildman–Crippen LogP) is 0.901. The van der Waals surface area contributed by atoms with Gasteiger partial charge in [-0.3, -0.25) is 4.70 Å². The maximum atomic E-state index is 5.10. The van der Waals surface area contributed by atoms with Crippen LogP contribution in [0.2, 0.25) is 0 Å². The van der Waals surface area contributed by atoms with Crippen molar-refractivity contribution in [3.63, 3.8) is 0 Å². The molecule has 0 aromatic heterocycles. The lowest BCUT2D eigenvalue weighted by molar-refractivity contribution is 1.09. The molecule has 2 N–H and O–H groups in total. The van der Waals surface area contributed by atoms with Crippen LogP contribution in [0.15, 0.2) is 0 Å². The Morgan fingerprint density at radius 2 is 1.67 bits per heavy atom. The third kappa shape index (κ3) is 8.82. The fourth-order valence-electron chi connectivity index (χ4n) is 0. The van der Waals surface area contributed by atoms with Gasteiger partial charge in [-0.05, 0) is 0 Å². The summed E-state index contributed by atoms with van der Waals surface area (Å²) < 4.78 is 0. The first-order chi connectivity index (χ1) is 2.27. The molecule has 0 heterocycles. The highest BCUT2D eigenvalue weighted by Gasteiger charge is 1.86. The summed E-state index contributed by atoms with van der Waals surface area (Å²) >= 11 is 10.2. The highest BCUT2D eigenvalue weighted by molar-refractivity contribution is 6.44. The Kier molecular flexibility index (Phi) is 8.83. The SMILES string of the molecule is F.NCC(Cl)Cl. The minimum Gasteiger partial charge on any atom is -0.328 e. The van der Waals surface area contributed by atoms with Crippen molar-refractivity contribution in [2.24, 2.45) is 5.73 Å². The number of alkyl halides is 2. The molecule has 0 aliphatic rings. The Bertz CT molecular complexity index is 25.5. The van der Waals surface area contributed by atoms with E-state index in [1.54, 1.807) is 0 Å². The molecule has 0 unspecified atom stereocenters. The maximum absolute atomic E-state index is 5.10. The third-order valence-electron chi connectivity index (χ3n) is 0.178. The summed E-state index contributed by atoms with van der Waals surface area (Å²) in [6.45, 7) is 0.336. The molecule has 0 spiro atoms. The van der Waals surface area contributed by atoms with Crippen molar-refractivity contribution in [1.29, 1.82) is 0 Å². The molecule has 6 heavy (non-hydrogen) atoms. The number of hydrogen-bond donors (Lipinski definition) is 1. The average Bonchev–Trinajstić information content (AvgIpc) is 1.38. The van der Waals surface area contributed by atoms with Crippen LogP contribution in [0.5, 0.6) is 0 Å². The van der Waals surface area contributed by atoms with Gasteiger partial charge in [-0.15, -0.1) is 23.2 Å². The Hall–Kier alpha value is 0.470. The number of hydrogen-bond acceptors (Lipinski definition) is 1. The van der Waals surface area contributed by atoms with Crippen LogP contribution in [0.25, 0.3) is 0 Å². The molecule has 0 rings (SSSR count). The van der Waals surface area contributed by atoms with Gasteiger partial charge in [0.05, 0.1) is 0 Å². The molecule has 0 radical (unpaired) electrons. The smallest absolute Gasteiger partial charge is 0.120 e. The highest BCUT2D eigenvalue weighted by atomic mass is 35.5. The summed E-state index contributed by atoms with van der Waals surface area (Å²) in [5.74, 6) is 0. The molecule has 4 heteroatoms. The highest BCUT2D eigenvalue weighted by Crippen LogP contribution is 1.94. The molecular formula is C2H6Cl2FN. The molecule has 0 bridgehead atoms. The second kappa shape index (κ2) is 5.47. The fraction of sp³-hybridized carbons (Fsp3) is 1.00. The quantitative estimate of drug-likeness (QED) is 0.529. The average molecular weight is 134 g/mol. The van der Waals surface area contributed by atoms with E-state index < -0.39 is 4.84 Å². The first-order valence-electron chi connectivity index (χ1n) is 1.25. The van der Waals surface area contributed by atoms with Crippen LogP contribution in [0.3, 0.4) is 0 Å². The zero-order valence-corrected chi connectivity index (χ0v) is 4.54. The van der Waals surface area contributed by atoms with E-state index in [2.05, 4.69) is 0 Å². The lowest BCUT2D eigenvalue weighted by Gasteiger charge is -1.85. The molecule has 0 amide bonds. The molecule has 0 aliphatic heterocycles. The van der Waals surface area contributed by atoms with Gasteiger partial charge in [0.15, 0.2) is 0 Å². The van der Waals surface area contributed by atoms with Crippen molar-refractivity contribution in [2.45, 2.75) is 4.84 Å². The van der Waals surface area contributed by atoms with Crippen molar-refractivity contribution in [1.82, 2.24) is 0 Å². The van der Waals surface area contributed by atoms with Gasteiger partial charge >= 0.3 is 0 Å². The van der Waals surface area contributed by atoms with Crippen molar-refractivity contribution in [3.8, 4) is 0 Å². The van der Waals surface area contributed by atoms with Gasteiger partial charge in [0.25, 0.3) is 0 Å². The van der Waals surface area contributed by atoms with Crippen LogP contribution >= 0.6 is 23.2 Å². The molecular weight excluding hydrogens is 128 g/mol. The van der Waals surface area contributed by atoms with Gasteiger partial charge in [-0.1, -0.05) is 0 Å². The van der Waals surface area contributed by atoms with E-state index in [1.165, 1.54) is 0 Å². The van der Waals surface area contributed by atoms with E-state index in [0.717, 1.165) is 0 Å². The minimum absolute atomic E-state index is 0. The number of halogens is 3. The first kappa shape index (κ1) is 9.69. The lowest BCUT2D eigenvalue weighted by atomic mass is 10.8. The summed E-state index contributed by atoms with van der Waals surface area (Å²) in [7, 11) is 0. The monoisotopic (exact) mass is 133 g/mol. The summed E-state index contributed by atoms with van der Waals surface area (Å²) in [6, 6.07) is 0. The van der Waals surface area contributed by atoms with Crippen LogP contribution in [-0.4, -0.2) is 11.4 Å². The van der Waals surface area contributed by atoms with Crippen molar-refractivity contribution < 1.29 is 4.70 Å². The van der Waals surface area contributed by atoms with Gasteiger partial charge in [0.2, 0.25) is 0 Å². The first-order valence-corrected chi connectivity index (χ1v) is 2.13. The van der Waals surface area contributed by atoms with Crippen molar-refractivity contribution in [3.05, 3.63) is 0 Å². The minimum atomic E-state index is -0.394. The van der Waals surface area contributed by atoms with E-state index in [0.29, 0.717) is 6.54 Å². The molecule has 0 aromatic rings. The Morgan fingerprint density at radius 3 is 1.67 bits per heavy atom. The van der Waals surface area contributed by atoms with Gasteiger partial charge in [0.1, 0.15) is 4.84 Å². The molecule has 0 fully saturated rings. The molecule has 40 valence electrons. The van der Waals surface area contributed by atoms with Crippen LogP contribution in [-0.2, 0) is 0 Å². The summed E-state index contributed by atoms with van der Waals surface area (Å²) in [4.78, 5) is -0.394. The Balaban J connectivity index is 0. The Labute approximate surface area is 45.8 Å². The predicted molar refractivity (Wildman–Crippen MR) is 27.1 cm³/mol. The summed E-state index contributed by atoms with van der Waals surface area (Å²) in [5.41, 5.74) is 4.91. The van der Waals surface area contributed by atoms with Crippen molar-refractivity contribution in [2.75, 3.05) is 6.54 Å².